The fourth-order valence-electron chi connectivity index (χ4n) is 3.32. The second-order valence-electron chi connectivity index (χ2n) is 7.10. The van der Waals surface area contributed by atoms with Gasteiger partial charge in [-0.15, -0.1) is 11.3 Å². The van der Waals surface area contributed by atoms with Crippen LogP contribution in [0.15, 0.2) is 18.2 Å². The van der Waals surface area contributed by atoms with Gasteiger partial charge in [0.1, 0.15) is 6.54 Å². The van der Waals surface area contributed by atoms with Crippen LogP contribution in [0.4, 0.5) is 5.13 Å². The Morgan fingerprint density at radius 1 is 1.28 bits per heavy atom. The lowest BCUT2D eigenvalue weighted by Gasteiger charge is -2.25. The highest BCUT2D eigenvalue weighted by Crippen LogP contribution is 2.33. The first-order chi connectivity index (χ1) is 14.0. The Balaban J connectivity index is 1.49. The van der Waals surface area contributed by atoms with Crippen LogP contribution in [0.1, 0.15) is 33.8 Å². The van der Waals surface area contributed by atoms with Crippen LogP contribution in [0.2, 0.25) is 0 Å². The molecule has 1 aromatic carbocycles. The summed E-state index contributed by atoms with van der Waals surface area (Å²) in [5, 5.41) is 3.34. The van der Waals surface area contributed by atoms with Gasteiger partial charge in [0.15, 0.2) is 16.6 Å². The van der Waals surface area contributed by atoms with Crippen LogP contribution >= 0.6 is 11.3 Å². The van der Waals surface area contributed by atoms with Crippen molar-refractivity contribution in [3.05, 3.63) is 34.3 Å². The van der Waals surface area contributed by atoms with Gasteiger partial charge >= 0.3 is 0 Å². The molecule has 154 valence electrons. The molecular formula is C20H23N3O5S. The van der Waals surface area contributed by atoms with Crippen molar-refractivity contribution in [3.8, 4) is 11.5 Å². The Kier molecular flexibility index (Phi) is 5.68. The largest absolute Gasteiger partial charge is 0.454 e. The number of aromatic nitrogens is 1. The molecule has 2 aromatic rings. The van der Waals surface area contributed by atoms with Crippen molar-refractivity contribution in [1.29, 1.82) is 0 Å². The van der Waals surface area contributed by atoms with Crippen LogP contribution in [0.3, 0.4) is 0 Å². The molecule has 4 rings (SSSR count). The van der Waals surface area contributed by atoms with Crippen molar-refractivity contribution < 1.29 is 23.8 Å². The zero-order valence-electron chi connectivity index (χ0n) is 16.4. The van der Waals surface area contributed by atoms with Gasteiger partial charge < -0.3 is 24.4 Å². The molecular weight excluding hydrogens is 394 g/mol. The average Bonchev–Trinajstić information content (AvgIpc) is 3.42. The van der Waals surface area contributed by atoms with E-state index in [9.17, 15) is 9.59 Å². The van der Waals surface area contributed by atoms with Crippen LogP contribution in [0.25, 0.3) is 0 Å². The van der Waals surface area contributed by atoms with Crippen LogP contribution in [-0.2, 0) is 9.53 Å². The third-order valence-corrected chi connectivity index (χ3v) is 5.95. The van der Waals surface area contributed by atoms with Gasteiger partial charge in [-0.1, -0.05) is 0 Å². The third-order valence-electron chi connectivity index (χ3n) is 4.96. The van der Waals surface area contributed by atoms with Crippen LogP contribution in [-0.4, -0.2) is 54.3 Å². The van der Waals surface area contributed by atoms with Gasteiger partial charge in [-0.3, -0.25) is 9.59 Å². The third kappa shape index (κ3) is 4.51. The average molecular weight is 417 g/mol. The number of hydrogen-bond acceptors (Lipinski definition) is 7. The van der Waals surface area contributed by atoms with Gasteiger partial charge in [-0.2, -0.15) is 0 Å². The van der Waals surface area contributed by atoms with Crippen molar-refractivity contribution in [2.45, 2.75) is 32.8 Å². The van der Waals surface area contributed by atoms with Gasteiger partial charge in [0.25, 0.3) is 5.91 Å². The minimum atomic E-state index is -0.286. The first kappa shape index (κ1) is 19.7. The van der Waals surface area contributed by atoms with E-state index in [1.165, 1.54) is 16.2 Å². The van der Waals surface area contributed by atoms with E-state index >= 15 is 0 Å². The zero-order valence-corrected chi connectivity index (χ0v) is 17.2. The monoisotopic (exact) mass is 417 g/mol. The van der Waals surface area contributed by atoms with E-state index in [-0.39, 0.29) is 31.3 Å². The van der Waals surface area contributed by atoms with Crippen molar-refractivity contribution in [1.82, 2.24) is 9.88 Å². The number of carbonyl (C=O) groups excluding carboxylic acids is 2. The summed E-state index contributed by atoms with van der Waals surface area (Å²) in [4.78, 5) is 32.7. The lowest BCUT2D eigenvalue weighted by Crippen LogP contribution is -2.42. The van der Waals surface area contributed by atoms with Gasteiger partial charge in [0.2, 0.25) is 12.7 Å². The fraction of sp³-hybridized carbons (Fsp3) is 0.450. The quantitative estimate of drug-likeness (QED) is 0.777. The van der Waals surface area contributed by atoms with E-state index in [0.29, 0.717) is 35.3 Å². The molecule has 29 heavy (non-hydrogen) atoms. The Labute approximate surface area is 172 Å². The molecule has 1 fully saturated rings. The summed E-state index contributed by atoms with van der Waals surface area (Å²) in [6, 6.07) is 5.05. The number of thiazole rings is 1. The summed E-state index contributed by atoms with van der Waals surface area (Å²) in [6.07, 6.45) is 1.77. The molecule has 1 unspecified atom stereocenters. The van der Waals surface area contributed by atoms with E-state index in [4.69, 9.17) is 14.2 Å². The van der Waals surface area contributed by atoms with E-state index in [1.807, 2.05) is 13.8 Å². The molecule has 0 radical (unpaired) electrons. The zero-order chi connectivity index (χ0) is 20.4. The fourth-order valence-corrected chi connectivity index (χ4v) is 4.15. The number of aryl methyl sites for hydroxylation is 2. The first-order valence-corrected chi connectivity index (χ1v) is 10.4. The molecule has 1 saturated heterocycles. The number of rotatable bonds is 6. The summed E-state index contributed by atoms with van der Waals surface area (Å²) in [6.45, 7) is 4.95. The standard InChI is InChI=1S/C20H23N3O5S/c1-12-13(2)29-20(21-12)22-18(24)10-23(9-15-4-3-7-26-15)19(25)14-5-6-16-17(8-14)28-11-27-16/h5-6,8,15H,3-4,7,9-11H2,1-2H3,(H,21,22,24). The van der Waals surface area contributed by atoms with E-state index in [2.05, 4.69) is 10.3 Å². The number of hydrogen-bond donors (Lipinski definition) is 1. The van der Waals surface area contributed by atoms with E-state index in [0.717, 1.165) is 23.4 Å². The van der Waals surface area contributed by atoms with Gasteiger partial charge in [-0.25, -0.2) is 4.98 Å². The number of anilines is 1. The van der Waals surface area contributed by atoms with Crippen LogP contribution in [0.5, 0.6) is 11.5 Å². The summed E-state index contributed by atoms with van der Waals surface area (Å²) in [5.74, 6) is 0.608. The first-order valence-electron chi connectivity index (χ1n) is 9.54. The van der Waals surface area contributed by atoms with E-state index < -0.39 is 0 Å². The topological polar surface area (TPSA) is 90.0 Å². The van der Waals surface area contributed by atoms with Gasteiger partial charge in [0, 0.05) is 23.6 Å². The molecule has 9 heteroatoms. The highest BCUT2D eigenvalue weighted by Gasteiger charge is 2.27. The molecule has 0 bridgehead atoms. The Morgan fingerprint density at radius 3 is 2.83 bits per heavy atom. The minimum Gasteiger partial charge on any atom is -0.454 e. The highest BCUT2D eigenvalue weighted by atomic mass is 32.1. The summed E-state index contributed by atoms with van der Waals surface area (Å²) in [7, 11) is 0. The van der Waals surface area contributed by atoms with Crippen LogP contribution in [0, 0.1) is 13.8 Å². The number of carbonyl (C=O) groups is 2. The maximum atomic E-state index is 13.2. The Bertz CT molecular complexity index is 903. The van der Waals surface area contributed by atoms with E-state index in [1.54, 1.807) is 18.2 Å². The maximum absolute atomic E-state index is 13.2. The normalized spacial score (nSPS) is 17.4. The molecule has 2 aliphatic rings. The molecule has 0 aliphatic carbocycles. The Morgan fingerprint density at radius 2 is 2.10 bits per heavy atom. The SMILES string of the molecule is Cc1nc(NC(=O)CN(CC2CCCO2)C(=O)c2ccc3c(c2)OCO3)sc1C. The predicted octanol–water partition coefficient (Wildman–Crippen LogP) is 2.75. The molecule has 1 aromatic heterocycles. The molecule has 0 saturated carbocycles. The van der Waals surface area contributed by atoms with Crippen LogP contribution < -0.4 is 14.8 Å². The lowest BCUT2D eigenvalue weighted by atomic mass is 10.1. The highest BCUT2D eigenvalue weighted by molar-refractivity contribution is 7.15. The number of ether oxygens (including phenoxy) is 3. The lowest BCUT2D eigenvalue weighted by molar-refractivity contribution is -0.117. The molecule has 8 nitrogen and oxygen atoms in total. The number of nitrogens with one attached hydrogen (secondary N) is 1. The molecule has 0 spiro atoms. The molecule has 1 atom stereocenters. The predicted molar refractivity (Wildman–Crippen MR) is 108 cm³/mol. The second-order valence-corrected chi connectivity index (χ2v) is 8.30. The Hall–Kier alpha value is -2.65. The van der Waals surface area contributed by atoms with Gasteiger partial charge in [-0.05, 0) is 44.9 Å². The van der Waals surface area contributed by atoms with Crippen molar-refractivity contribution in [2.75, 3.05) is 31.8 Å². The smallest absolute Gasteiger partial charge is 0.254 e. The number of benzene rings is 1. The maximum Gasteiger partial charge on any atom is 0.254 e. The molecule has 2 amide bonds. The van der Waals surface area contributed by atoms with Crippen molar-refractivity contribution in [3.63, 3.8) is 0 Å². The van der Waals surface area contributed by atoms with Crippen molar-refractivity contribution >= 4 is 28.3 Å². The summed E-state index contributed by atoms with van der Waals surface area (Å²) >= 11 is 1.42. The van der Waals surface area contributed by atoms with Gasteiger partial charge in [0.05, 0.1) is 11.8 Å². The molecule has 2 aliphatic heterocycles. The van der Waals surface area contributed by atoms with Crippen molar-refractivity contribution in [2.24, 2.45) is 0 Å². The number of fused-ring (bicyclic) bond motifs is 1. The summed E-state index contributed by atoms with van der Waals surface area (Å²) < 4.78 is 16.4. The summed E-state index contributed by atoms with van der Waals surface area (Å²) in [5.41, 5.74) is 1.33. The second kappa shape index (κ2) is 8.38. The minimum absolute atomic E-state index is 0.0647. The number of amides is 2. The molecule has 3 heterocycles. The molecule has 1 N–H and O–H groups in total. The number of nitrogens with zero attached hydrogens (tertiary/aromatic N) is 2.